The first kappa shape index (κ1) is 43.4. The topological polar surface area (TPSA) is 164 Å². The molecular formula is C21H56N2O8Si3. The summed E-state index contributed by atoms with van der Waals surface area (Å²) >= 11 is 0. The van der Waals surface area contributed by atoms with Gasteiger partial charge in [-0.3, -0.25) is 0 Å². The number of hydrogen-bond donors (Lipinski definition) is 4. The van der Waals surface area contributed by atoms with Gasteiger partial charge < -0.3 is 39.4 Å². The lowest BCUT2D eigenvalue weighted by atomic mass is 10.5. The highest BCUT2D eigenvalue weighted by Gasteiger charge is 2.39. The molecule has 10 nitrogen and oxygen atoms in total. The average molecular weight is 549 g/mol. The fraction of sp³-hybridized carbons (Fsp3) is 0.905. The van der Waals surface area contributed by atoms with Crippen molar-refractivity contribution in [3.05, 3.63) is 0 Å². The van der Waals surface area contributed by atoms with Gasteiger partial charge in [0.2, 0.25) is 0 Å². The molecule has 0 aliphatic carbocycles. The van der Waals surface area contributed by atoms with E-state index in [9.17, 15) is 9.59 Å². The summed E-state index contributed by atoms with van der Waals surface area (Å²) in [6.07, 6.45) is 2.11. The number of aliphatic carboxylic acids is 2. The molecule has 0 aliphatic heterocycles. The highest BCUT2D eigenvalue weighted by atomic mass is 28.5. The molecular weight excluding hydrogens is 492 g/mol. The van der Waals surface area contributed by atoms with Crippen LogP contribution in [-0.2, 0) is 27.3 Å². The monoisotopic (exact) mass is 548 g/mol. The number of carbonyl (C=O) groups is 2. The number of rotatable bonds is 17. The van der Waals surface area contributed by atoms with Crippen LogP contribution in [0.1, 0.15) is 35.1 Å². The largest absolute Gasteiger partial charge is 0.480 e. The van der Waals surface area contributed by atoms with Gasteiger partial charge in [-0.1, -0.05) is 22.3 Å². The molecule has 0 aromatic rings. The molecule has 0 fully saturated rings. The van der Waals surface area contributed by atoms with Gasteiger partial charge in [-0.15, -0.1) is 0 Å². The molecule has 0 aliphatic rings. The van der Waals surface area contributed by atoms with Crippen LogP contribution in [0.3, 0.4) is 0 Å². The Labute approximate surface area is 212 Å². The third-order valence-corrected chi connectivity index (χ3v) is 15.3. The molecule has 0 bridgehead atoms. The Kier molecular flexibility index (Phi) is 29.1. The van der Waals surface area contributed by atoms with Crippen molar-refractivity contribution in [1.29, 1.82) is 0 Å². The summed E-state index contributed by atoms with van der Waals surface area (Å²) in [6.45, 7) is 14.3. The van der Waals surface area contributed by atoms with Gasteiger partial charge in [0, 0.05) is 0 Å². The number of hydrogen-bond acceptors (Lipinski definition) is 8. The van der Waals surface area contributed by atoms with E-state index in [1.54, 1.807) is 0 Å². The number of carboxylic acids is 2. The molecule has 0 spiro atoms. The second-order valence-electron chi connectivity index (χ2n) is 8.80. The van der Waals surface area contributed by atoms with Gasteiger partial charge in [-0.2, -0.15) is 0 Å². The lowest BCUT2D eigenvalue weighted by Crippen LogP contribution is -2.52. The number of ether oxygens (including phenoxy) is 2. The first-order valence-corrected chi connectivity index (χ1v) is 19.6. The maximum Gasteiger partial charge on any atom is 0.329 e. The van der Waals surface area contributed by atoms with Crippen molar-refractivity contribution >= 4 is 37.1 Å². The molecule has 0 unspecified atom stereocenters. The molecule has 0 radical (unpaired) electrons. The van der Waals surface area contributed by atoms with Crippen LogP contribution >= 0.6 is 0 Å². The van der Waals surface area contributed by atoms with Crippen LogP contribution in [0.25, 0.3) is 0 Å². The standard InChI is InChI=1S/C12H34N2O2Si3.C6H10O6.3CH4/c1-17(2,11-7-9-13)15-19(5,6)16-18(3,4)12-8-10-14;7-5(8)3-11-1-2-12-4-6(9)10;;;/h7-14H2,1-6H3;1-4H2,(H,7,8)(H,9,10);3*1H4. The zero-order valence-corrected chi connectivity index (χ0v) is 23.1. The Morgan fingerprint density at radius 3 is 1.21 bits per heavy atom. The van der Waals surface area contributed by atoms with Crippen molar-refractivity contribution in [1.82, 2.24) is 0 Å². The van der Waals surface area contributed by atoms with Gasteiger partial charge in [0.1, 0.15) is 13.2 Å². The van der Waals surface area contributed by atoms with Gasteiger partial charge in [-0.05, 0) is 77.3 Å². The van der Waals surface area contributed by atoms with E-state index in [4.69, 9.17) is 29.9 Å². The molecule has 0 heterocycles. The van der Waals surface area contributed by atoms with Gasteiger partial charge in [0.05, 0.1) is 13.2 Å². The molecule has 210 valence electrons. The zero-order chi connectivity index (χ0) is 24.6. The fourth-order valence-corrected chi connectivity index (χ4v) is 17.1. The lowest BCUT2D eigenvalue weighted by molar-refractivity contribution is -0.146. The van der Waals surface area contributed by atoms with E-state index in [0.717, 1.165) is 38.0 Å². The molecule has 0 saturated heterocycles. The second-order valence-corrected chi connectivity index (χ2v) is 21.3. The molecule has 6 N–H and O–H groups in total. The molecule has 13 heteroatoms. The van der Waals surface area contributed by atoms with E-state index in [2.05, 4.69) is 48.8 Å². The third-order valence-electron chi connectivity index (χ3n) is 3.83. The van der Waals surface area contributed by atoms with Crippen molar-refractivity contribution in [2.24, 2.45) is 11.5 Å². The van der Waals surface area contributed by atoms with Crippen LogP contribution in [-0.4, -0.2) is 86.9 Å². The van der Waals surface area contributed by atoms with E-state index < -0.39 is 50.3 Å². The van der Waals surface area contributed by atoms with E-state index in [-0.39, 0.29) is 35.5 Å². The van der Waals surface area contributed by atoms with Crippen molar-refractivity contribution < 1.29 is 37.5 Å². The summed E-state index contributed by atoms with van der Waals surface area (Å²) in [4.78, 5) is 19.8. The summed E-state index contributed by atoms with van der Waals surface area (Å²) < 4.78 is 22.0. The summed E-state index contributed by atoms with van der Waals surface area (Å²) in [6, 6.07) is 2.24. The van der Waals surface area contributed by atoms with E-state index in [1.807, 2.05) is 0 Å². The third kappa shape index (κ3) is 31.4. The molecule has 0 saturated carbocycles. The lowest BCUT2D eigenvalue weighted by Gasteiger charge is -2.38. The van der Waals surface area contributed by atoms with Crippen LogP contribution in [0, 0.1) is 0 Å². The fourth-order valence-electron chi connectivity index (χ4n) is 2.95. The minimum atomic E-state index is -2.03. The quantitative estimate of drug-likeness (QED) is 0.155. The van der Waals surface area contributed by atoms with Crippen LogP contribution in [0.2, 0.25) is 51.4 Å². The maximum absolute atomic E-state index is 9.88. The summed E-state index contributed by atoms with van der Waals surface area (Å²) in [5, 5.41) is 16.2. The zero-order valence-electron chi connectivity index (χ0n) is 20.1. The van der Waals surface area contributed by atoms with E-state index in [1.165, 1.54) is 0 Å². The predicted octanol–water partition coefficient (Wildman–Crippen LogP) is 3.93. The Balaban J connectivity index is -0.000000164. The molecule has 0 atom stereocenters. The molecule has 0 aromatic carbocycles. The van der Waals surface area contributed by atoms with Crippen molar-refractivity contribution in [2.45, 2.75) is 86.5 Å². The Morgan fingerprint density at radius 2 is 0.971 bits per heavy atom. The van der Waals surface area contributed by atoms with Crippen molar-refractivity contribution in [3.8, 4) is 0 Å². The van der Waals surface area contributed by atoms with Gasteiger partial charge >= 0.3 is 20.5 Å². The minimum Gasteiger partial charge on any atom is -0.480 e. The van der Waals surface area contributed by atoms with Gasteiger partial charge in [0.15, 0.2) is 16.6 Å². The number of carboxylic acid groups (broad SMARTS) is 2. The Hall–Kier alpha value is -0.649. The first-order chi connectivity index (χ1) is 14.2. The summed E-state index contributed by atoms with van der Waals surface area (Å²) in [7, 11) is -5.31. The molecule has 0 amide bonds. The Bertz CT molecular complexity index is 468. The summed E-state index contributed by atoms with van der Waals surface area (Å²) in [5.74, 6) is -2.12. The highest BCUT2D eigenvalue weighted by Crippen LogP contribution is 2.25. The van der Waals surface area contributed by atoms with Gasteiger partial charge in [-0.25, -0.2) is 9.59 Å². The normalized spacial score (nSPS) is 11.2. The van der Waals surface area contributed by atoms with Gasteiger partial charge in [0.25, 0.3) is 0 Å². The first-order valence-electron chi connectivity index (χ1n) is 10.6. The van der Waals surface area contributed by atoms with Crippen LogP contribution in [0.15, 0.2) is 0 Å². The van der Waals surface area contributed by atoms with E-state index >= 15 is 0 Å². The number of nitrogens with two attached hydrogens (primary N) is 2. The average Bonchev–Trinajstić information content (AvgIpc) is 2.59. The van der Waals surface area contributed by atoms with Crippen molar-refractivity contribution in [2.75, 3.05) is 39.5 Å². The molecule has 34 heavy (non-hydrogen) atoms. The Morgan fingerprint density at radius 1 is 0.676 bits per heavy atom. The molecule has 0 rings (SSSR count). The summed E-state index contributed by atoms with van der Waals surface area (Å²) in [5.41, 5.74) is 11.2. The van der Waals surface area contributed by atoms with Crippen LogP contribution in [0.5, 0.6) is 0 Å². The van der Waals surface area contributed by atoms with Crippen molar-refractivity contribution in [3.63, 3.8) is 0 Å². The van der Waals surface area contributed by atoms with E-state index in [0.29, 0.717) is 0 Å². The maximum atomic E-state index is 9.88. The highest BCUT2D eigenvalue weighted by molar-refractivity contribution is 6.87. The second kappa shape index (κ2) is 22.8. The predicted molar refractivity (Wildman–Crippen MR) is 149 cm³/mol. The van der Waals surface area contributed by atoms with Crippen LogP contribution < -0.4 is 11.5 Å². The van der Waals surface area contributed by atoms with Crippen LogP contribution in [0.4, 0.5) is 0 Å². The SMILES string of the molecule is C.C.C.C[Si](C)(CCCN)O[Si](C)(C)O[Si](C)(C)CCCN.O=C(O)COCCOCC(=O)O. The smallest absolute Gasteiger partial charge is 0.329 e. The molecule has 0 aromatic heterocycles. The minimum absolute atomic E-state index is 0.